The van der Waals surface area contributed by atoms with Gasteiger partial charge in [-0.05, 0) is 12.0 Å². The van der Waals surface area contributed by atoms with Gasteiger partial charge in [0.2, 0.25) is 0 Å². The molecule has 1 aromatic rings. The van der Waals surface area contributed by atoms with Crippen molar-refractivity contribution in [1.29, 1.82) is 0 Å². The first-order chi connectivity index (χ1) is 8.05. The van der Waals surface area contributed by atoms with Gasteiger partial charge in [0, 0.05) is 6.61 Å². The summed E-state index contributed by atoms with van der Waals surface area (Å²) in [5.41, 5.74) is -0.0256. The summed E-state index contributed by atoms with van der Waals surface area (Å²) in [6.07, 6.45) is 0.818. The fourth-order valence-electron chi connectivity index (χ4n) is 1.74. The number of hydrogen-bond donors (Lipinski definition) is 0. The Morgan fingerprint density at radius 2 is 2.11 bits per heavy atom. The van der Waals surface area contributed by atoms with E-state index in [4.69, 9.17) is 9.47 Å². The minimum atomic E-state index is -4.93. The zero-order valence-corrected chi connectivity index (χ0v) is 13.4. The van der Waals surface area contributed by atoms with Crippen LogP contribution in [0.2, 0.25) is 0 Å². The Kier molecular flexibility index (Phi) is 6.88. The van der Waals surface area contributed by atoms with Crippen molar-refractivity contribution >= 4 is 12.4 Å². The van der Waals surface area contributed by atoms with Crippen LogP contribution < -0.4 is 56.8 Å². The van der Waals surface area contributed by atoms with Crippen LogP contribution in [0.15, 0.2) is 24.3 Å². The first-order valence-corrected chi connectivity index (χ1v) is 5.54. The van der Waals surface area contributed by atoms with Crippen LogP contribution in [-0.4, -0.2) is 26.3 Å². The Hall–Kier alpha value is 0.631. The molecule has 1 aliphatic rings. The number of rotatable bonds is 4. The average molecular weight is 284 g/mol. The molecule has 0 bridgehead atoms. The minimum absolute atomic E-state index is 0. The van der Waals surface area contributed by atoms with Gasteiger partial charge in [-0.1, -0.05) is 24.3 Å². The van der Waals surface area contributed by atoms with E-state index in [0.717, 1.165) is 18.6 Å². The molecule has 1 fully saturated rings. The standard InChI is InChI=1S/C11H13BF3O2.K/c13-12(14,15)10-3-1-2-9(6-10)7-17-11-4-5-16-8-11;/h1-3,6,11H,4-5,7-8H2;/q-1;+1. The van der Waals surface area contributed by atoms with E-state index in [0.29, 0.717) is 18.8 Å². The monoisotopic (exact) mass is 284 g/mol. The number of hydrogen-bond acceptors (Lipinski definition) is 2. The van der Waals surface area contributed by atoms with Crippen LogP contribution in [0.1, 0.15) is 12.0 Å². The third kappa shape index (κ3) is 4.96. The Morgan fingerprint density at radius 3 is 2.72 bits per heavy atom. The van der Waals surface area contributed by atoms with E-state index in [1.54, 1.807) is 6.07 Å². The third-order valence-corrected chi connectivity index (χ3v) is 2.70. The Morgan fingerprint density at radius 1 is 1.33 bits per heavy atom. The molecule has 18 heavy (non-hydrogen) atoms. The van der Waals surface area contributed by atoms with Crippen molar-refractivity contribution in [1.82, 2.24) is 0 Å². The molecule has 1 atom stereocenters. The quantitative estimate of drug-likeness (QED) is 0.664. The molecule has 7 heteroatoms. The normalized spacial score (nSPS) is 19.6. The molecule has 2 nitrogen and oxygen atoms in total. The summed E-state index contributed by atoms with van der Waals surface area (Å²) in [7, 11) is 0. The van der Waals surface area contributed by atoms with Gasteiger partial charge in [0.05, 0.1) is 19.3 Å². The molecule has 1 saturated heterocycles. The van der Waals surface area contributed by atoms with Gasteiger partial charge in [-0.25, -0.2) is 0 Å². The van der Waals surface area contributed by atoms with E-state index in [2.05, 4.69) is 0 Å². The topological polar surface area (TPSA) is 18.5 Å². The first-order valence-electron chi connectivity index (χ1n) is 5.54. The summed E-state index contributed by atoms with van der Waals surface area (Å²) < 4.78 is 48.1. The maximum absolute atomic E-state index is 12.5. The van der Waals surface area contributed by atoms with E-state index < -0.39 is 12.4 Å². The Balaban J connectivity index is 0.00000162. The molecule has 1 aliphatic heterocycles. The number of benzene rings is 1. The summed E-state index contributed by atoms with van der Waals surface area (Å²) in [4.78, 5) is 0. The molecule has 0 aromatic heterocycles. The average Bonchev–Trinajstić information content (AvgIpc) is 2.78. The van der Waals surface area contributed by atoms with Gasteiger partial charge in [-0.15, -0.1) is 5.46 Å². The Labute approximate surface area is 147 Å². The zero-order valence-electron chi connectivity index (χ0n) is 10.2. The summed E-state index contributed by atoms with van der Waals surface area (Å²) in [6.45, 7) is -3.54. The van der Waals surface area contributed by atoms with Gasteiger partial charge in [0.1, 0.15) is 0 Å². The summed E-state index contributed by atoms with van der Waals surface area (Å²) in [5, 5.41) is 0. The fourth-order valence-corrected chi connectivity index (χ4v) is 1.74. The van der Waals surface area contributed by atoms with Crippen LogP contribution in [0, 0.1) is 0 Å². The smallest absolute Gasteiger partial charge is 0.445 e. The van der Waals surface area contributed by atoms with Crippen molar-refractivity contribution in [3.63, 3.8) is 0 Å². The first kappa shape index (κ1) is 16.7. The van der Waals surface area contributed by atoms with Gasteiger partial charge in [-0.2, -0.15) is 0 Å². The van der Waals surface area contributed by atoms with E-state index >= 15 is 0 Å². The second-order valence-electron chi connectivity index (χ2n) is 4.12. The van der Waals surface area contributed by atoms with Gasteiger partial charge >= 0.3 is 58.4 Å². The predicted molar refractivity (Wildman–Crippen MR) is 59.2 cm³/mol. The van der Waals surface area contributed by atoms with Crippen molar-refractivity contribution in [3.05, 3.63) is 29.8 Å². The molecule has 0 amide bonds. The zero-order chi connectivity index (χ0) is 12.3. The van der Waals surface area contributed by atoms with Crippen LogP contribution >= 0.6 is 0 Å². The van der Waals surface area contributed by atoms with Crippen LogP contribution in [0.5, 0.6) is 0 Å². The molecule has 0 aliphatic carbocycles. The van der Waals surface area contributed by atoms with E-state index in [1.165, 1.54) is 6.07 Å². The van der Waals surface area contributed by atoms with Gasteiger partial charge < -0.3 is 22.4 Å². The Bertz CT molecular complexity index is 381. The van der Waals surface area contributed by atoms with E-state index in [-0.39, 0.29) is 64.1 Å². The van der Waals surface area contributed by atoms with Crippen molar-refractivity contribution in [2.75, 3.05) is 13.2 Å². The molecule has 2 rings (SSSR count). The maximum Gasteiger partial charge on any atom is 1.00 e. The minimum Gasteiger partial charge on any atom is -0.445 e. The summed E-state index contributed by atoms with van der Waals surface area (Å²) in [6, 6.07) is 5.29. The van der Waals surface area contributed by atoms with Gasteiger partial charge in [-0.3, -0.25) is 0 Å². The van der Waals surface area contributed by atoms with Crippen LogP contribution in [0.4, 0.5) is 12.9 Å². The van der Waals surface area contributed by atoms with Crippen molar-refractivity contribution in [3.8, 4) is 0 Å². The summed E-state index contributed by atoms with van der Waals surface area (Å²) >= 11 is 0. The second kappa shape index (κ2) is 7.42. The SMILES string of the molecule is F[B-](F)(F)c1cccc(COC2CCOC2)c1.[K+]. The van der Waals surface area contributed by atoms with Gasteiger partial charge in [0.15, 0.2) is 0 Å². The number of ether oxygens (including phenoxy) is 2. The van der Waals surface area contributed by atoms with Crippen LogP contribution in [-0.2, 0) is 16.1 Å². The molecular weight excluding hydrogens is 271 g/mol. The fraction of sp³-hybridized carbons (Fsp3) is 0.455. The van der Waals surface area contributed by atoms with E-state index in [1.807, 2.05) is 0 Å². The van der Waals surface area contributed by atoms with Crippen molar-refractivity contribution in [2.24, 2.45) is 0 Å². The molecule has 0 radical (unpaired) electrons. The molecule has 1 heterocycles. The maximum atomic E-state index is 12.5. The largest absolute Gasteiger partial charge is 1.00 e. The molecule has 0 spiro atoms. The third-order valence-electron chi connectivity index (χ3n) is 2.70. The van der Waals surface area contributed by atoms with Crippen molar-refractivity contribution in [2.45, 2.75) is 19.1 Å². The molecule has 0 saturated carbocycles. The molecule has 1 aromatic carbocycles. The molecule has 1 unspecified atom stereocenters. The van der Waals surface area contributed by atoms with E-state index in [9.17, 15) is 12.9 Å². The molecular formula is C11H13BF3KO2. The molecule has 0 N–H and O–H groups in total. The summed E-state index contributed by atoms with van der Waals surface area (Å²) in [5.74, 6) is 0. The number of halogens is 3. The second-order valence-corrected chi connectivity index (χ2v) is 4.12. The van der Waals surface area contributed by atoms with Crippen molar-refractivity contribution < 1.29 is 73.8 Å². The van der Waals surface area contributed by atoms with Crippen LogP contribution in [0.3, 0.4) is 0 Å². The molecule has 94 valence electrons. The van der Waals surface area contributed by atoms with Crippen LogP contribution in [0.25, 0.3) is 0 Å². The van der Waals surface area contributed by atoms with Gasteiger partial charge in [0.25, 0.3) is 0 Å². The predicted octanol–water partition coefficient (Wildman–Crippen LogP) is -0.949.